The summed E-state index contributed by atoms with van der Waals surface area (Å²) in [6.07, 6.45) is 2.89. The number of thiophene rings is 1. The van der Waals surface area contributed by atoms with Crippen molar-refractivity contribution in [3.05, 3.63) is 114 Å². The molecular formula is C30H24N2O3S2. The van der Waals surface area contributed by atoms with Crippen LogP contribution in [0.15, 0.2) is 103 Å². The van der Waals surface area contributed by atoms with Crippen LogP contribution in [0.3, 0.4) is 0 Å². The zero-order chi connectivity index (χ0) is 25.4. The van der Waals surface area contributed by atoms with Crippen LogP contribution in [0.25, 0.3) is 21.2 Å². The maximum absolute atomic E-state index is 13.4. The molecule has 5 nitrogen and oxygen atoms in total. The fraction of sp³-hybridized carbons (Fsp3) is 0.133. The normalized spacial score (nSPS) is 18.1. The van der Waals surface area contributed by atoms with Gasteiger partial charge in [-0.2, -0.15) is 0 Å². The van der Waals surface area contributed by atoms with Crippen LogP contribution in [0.4, 0.5) is 5.69 Å². The number of rotatable bonds is 7. The molecule has 0 bridgehead atoms. The van der Waals surface area contributed by atoms with Crippen molar-refractivity contribution in [3.63, 3.8) is 0 Å². The number of aromatic nitrogens is 1. The highest BCUT2D eigenvalue weighted by atomic mass is 32.2. The number of aliphatic hydroxyl groups is 1. The lowest BCUT2D eigenvalue weighted by atomic mass is 9.92. The number of hydrogen-bond acceptors (Lipinski definition) is 6. The fourth-order valence-electron chi connectivity index (χ4n) is 4.74. The van der Waals surface area contributed by atoms with Gasteiger partial charge in [-0.05, 0) is 81.6 Å². The molecule has 3 heterocycles. The van der Waals surface area contributed by atoms with Gasteiger partial charge in [0.1, 0.15) is 11.0 Å². The molecule has 1 fully saturated rings. The molecule has 184 valence electrons. The summed E-state index contributed by atoms with van der Waals surface area (Å²) in [5, 5.41) is 23.5. The number of β-lactam (4-membered cyclic amide) rings is 1. The van der Waals surface area contributed by atoms with Crippen LogP contribution in [0.5, 0.6) is 5.75 Å². The van der Waals surface area contributed by atoms with Gasteiger partial charge in [-0.25, -0.2) is 0 Å². The summed E-state index contributed by atoms with van der Waals surface area (Å²) < 4.78 is 1.19. The lowest BCUT2D eigenvalue weighted by Gasteiger charge is -2.47. The molecule has 7 heteroatoms. The van der Waals surface area contributed by atoms with Crippen molar-refractivity contribution in [2.24, 2.45) is 0 Å². The third-order valence-electron chi connectivity index (χ3n) is 6.72. The monoisotopic (exact) mass is 524 g/mol. The fourth-order valence-corrected chi connectivity index (χ4v) is 6.81. The average molecular weight is 525 g/mol. The van der Waals surface area contributed by atoms with Crippen LogP contribution < -0.4 is 4.90 Å². The van der Waals surface area contributed by atoms with Gasteiger partial charge in [0.15, 0.2) is 0 Å². The Labute approximate surface area is 223 Å². The third kappa shape index (κ3) is 4.62. The van der Waals surface area contributed by atoms with Crippen LogP contribution in [0.1, 0.15) is 23.3 Å². The Bertz CT molecular complexity index is 1540. The Hall–Kier alpha value is -3.65. The molecule has 37 heavy (non-hydrogen) atoms. The van der Waals surface area contributed by atoms with E-state index >= 15 is 0 Å². The Kier molecular flexibility index (Phi) is 6.42. The van der Waals surface area contributed by atoms with Crippen molar-refractivity contribution >= 4 is 44.8 Å². The number of carbonyl (C=O) groups excluding carboxylic acids is 1. The largest absolute Gasteiger partial charge is 0.508 e. The van der Waals surface area contributed by atoms with E-state index in [0.717, 1.165) is 33.3 Å². The number of carbonyl (C=O) groups is 1. The molecule has 0 radical (unpaired) electrons. The number of nitrogens with zero attached hydrogens (tertiary/aromatic N) is 2. The Balaban J connectivity index is 1.23. The number of aromatic hydroxyl groups is 1. The molecule has 3 aromatic carbocycles. The van der Waals surface area contributed by atoms with Crippen LogP contribution in [-0.4, -0.2) is 32.1 Å². The second-order valence-electron chi connectivity index (χ2n) is 9.02. The number of pyridine rings is 1. The quantitative estimate of drug-likeness (QED) is 0.235. The molecule has 1 aliphatic heterocycles. The summed E-state index contributed by atoms with van der Waals surface area (Å²) >= 11 is 3.16. The van der Waals surface area contributed by atoms with Crippen LogP contribution >= 0.6 is 23.1 Å². The first kappa shape index (κ1) is 23.7. The number of phenolic OH excluding ortho intramolecular Hbond substituents is 1. The van der Waals surface area contributed by atoms with Gasteiger partial charge in [0.2, 0.25) is 5.91 Å². The standard InChI is InChI=1S/C30H24N2O3S2/c33-25-10-5-20(6-11-25)28-29(37-18-26(34)21-7-12-27-22(16-21)13-15-36-27)30(35)32(28)24-8-3-19(4-9-24)23-2-1-14-31-17-23/h1-17,26,28-29,33-34H,18H2/t26-,28-,29-/m1/s1. The number of fused-ring (bicyclic) bond motifs is 1. The first-order valence-electron chi connectivity index (χ1n) is 12.0. The molecule has 1 amide bonds. The number of thioether (sulfide) groups is 1. The summed E-state index contributed by atoms with van der Waals surface area (Å²) in [4.78, 5) is 19.4. The van der Waals surface area contributed by atoms with Crippen molar-refractivity contribution in [1.82, 2.24) is 4.98 Å². The summed E-state index contributed by atoms with van der Waals surface area (Å²) in [7, 11) is 0. The van der Waals surface area contributed by atoms with E-state index in [9.17, 15) is 15.0 Å². The Morgan fingerprint density at radius 1 is 0.973 bits per heavy atom. The summed E-state index contributed by atoms with van der Waals surface area (Å²) in [5.74, 6) is 0.608. The first-order chi connectivity index (χ1) is 18.1. The Morgan fingerprint density at radius 3 is 2.54 bits per heavy atom. The predicted octanol–water partition coefficient (Wildman–Crippen LogP) is 6.59. The number of aliphatic hydroxyl groups excluding tert-OH is 1. The zero-order valence-corrected chi connectivity index (χ0v) is 21.4. The van der Waals surface area contributed by atoms with E-state index in [4.69, 9.17) is 0 Å². The highest BCUT2D eigenvalue weighted by Crippen LogP contribution is 2.46. The van der Waals surface area contributed by atoms with Gasteiger partial charge in [-0.1, -0.05) is 36.4 Å². The van der Waals surface area contributed by atoms with E-state index in [1.54, 1.807) is 34.6 Å². The molecular weight excluding hydrogens is 500 g/mol. The van der Waals surface area contributed by atoms with E-state index in [1.165, 1.54) is 16.5 Å². The second kappa shape index (κ2) is 10.0. The molecule has 5 aromatic rings. The molecule has 2 aromatic heterocycles. The minimum absolute atomic E-state index is 0.0117. The van der Waals surface area contributed by atoms with Gasteiger partial charge in [-0.15, -0.1) is 23.1 Å². The number of amides is 1. The predicted molar refractivity (Wildman–Crippen MR) is 151 cm³/mol. The van der Waals surface area contributed by atoms with E-state index in [0.29, 0.717) is 5.75 Å². The van der Waals surface area contributed by atoms with E-state index in [-0.39, 0.29) is 22.9 Å². The number of hydrogen-bond donors (Lipinski definition) is 2. The maximum atomic E-state index is 13.4. The lowest BCUT2D eigenvalue weighted by molar-refractivity contribution is -0.123. The number of phenols is 1. The smallest absolute Gasteiger partial charge is 0.243 e. The van der Waals surface area contributed by atoms with Crippen molar-refractivity contribution in [2.45, 2.75) is 17.4 Å². The molecule has 0 spiro atoms. The topological polar surface area (TPSA) is 73.7 Å². The minimum Gasteiger partial charge on any atom is -0.508 e. The van der Waals surface area contributed by atoms with Gasteiger partial charge < -0.3 is 15.1 Å². The average Bonchev–Trinajstić information content (AvgIpc) is 3.41. The summed E-state index contributed by atoms with van der Waals surface area (Å²) in [6.45, 7) is 0. The van der Waals surface area contributed by atoms with Crippen LogP contribution in [0.2, 0.25) is 0 Å². The summed E-state index contributed by atoms with van der Waals surface area (Å²) in [6, 6.07) is 26.7. The van der Waals surface area contributed by atoms with E-state index < -0.39 is 6.10 Å². The maximum Gasteiger partial charge on any atom is 0.243 e. The van der Waals surface area contributed by atoms with Gasteiger partial charge in [-0.3, -0.25) is 9.78 Å². The van der Waals surface area contributed by atoms with E-state index in [2.05, 4.69) is 11.1 Å². The van der Waals surface area contributed by atoms with Crippen molar-refractivity contribution < 1.29 is 15.0 Å². The summed E-state index contributed by atoms with van der Waals surface area (Å²) in [5.41, 5.74) is 4.66. The van der Waals surface area contributed by atoms with Gasteiger partial charge >= 0.3 is 0 Å². The number of anilines is 1. The SMILES string of the molecule is O=C1[C@H](SC[C@@H](O)c2ccc3sccc3c2)[C@@H](c2ccc(O)cc2)N1c1ccc(-c2cccnc2)cc1. The Morgan fingerprint density at radius 2 is 1.78 bits per heavy atom. The first-order valence-corrected chi connectivity index (χ1v) is 13.9. The van der Waals surface area contributed by atoms with Gasteiger partial charge in [0, 0.05) is 28.5 Å². The van der Waals surface area contributed by atoms with Crippen molar-refractivity contribution in [2.75, 3.05) is 10.7 Å². The molecule has 3 atom stereocenters. The van der Waals surface area contributed by atoms with Crippen LogP contribution in [-0.2, 0) is 4.79 Å². The van der Waals surface area contributed by atoms with Crippen LogP contribution in [0, 0.1) is 0 Å². The highest BCUT2D eigenvalue weighted by Gasteiger charge is 2.49. The molecule has 2 N–H and O–H groups in total. The molecule has 6 rings (SSSR count). The molecule has 1 saturated heterocycles. The minimum atomic E-state index is -0.671. The lowest BCUT2D eigenvalue weighted by Crippen LogP contribution is -2.57. The third-order valence-corrected chi connectivity index (χ3v) is 8.94. The highest BCUT2D eigenvalue weighted by molar-refractivity contribution is 8.00. The van der Waals surface area contributed by atoms with Gasteiger partial charge in [0.05, 0.1) is 12.1 Å². The zero-order valence-electron chi connectivity index (χ0n) is 19.8. The molecule has 0 unspecified atom stereocenters. The van der Waals surface area contributed by atoms with Crippen molar-refractivity contribution in [1.29, 1.82) is 0 Å². The molecule has 0 saturated carbocycles. The van der Waals surface area contributed by atoms with Crippen molar-refractivity contribution in [3.8, 4) is 16.9 Å². The number of benzene rings is 3. The van der Waals surface area contributed by atoms with Gasteiger partial charge in [0.25, 0.3) is 0 Å². The molecule has 1 aliphatic rings. The second-order valence-corrected chi connectivity index (χ2v) is 11.1. The molecule has 0 aliphatic carbocycles. The van der Waals surface area contributed by atoms with E-state index in [1.807, 2.05) is 78.3 Å².